The zero-order chi connectivity index (χ0) is 39.3. The second-order valence-electron chi connectivity index (χ2n) is 14.5. The minimum atomic E-state index is -5.10. The van der Waals surface area contributed by atoms with Crippen LogP contribution in [-0.4, -0.2) is 98.3 Å². The maximum absolute atomic E-state index is 12.7. The highest BCUT2D eigenvalue weighted by Crippen LogP contribution is 2.47. The molecule has 6 unspecified atom stereocenters. The van der Waals surface area contributed by atoms with Gasteiger partial charge in [0.2, 0.25) is 0 Å². The predicted molar refractivity (Wildman–Crippen MR) is 203 cm³/mol. The summed E-state index contributed by atoms with van der Waals surface area (Å²) in [5.74, 6) is -1.12. The molecule has 0 amide bonds. The maximum atomic E-state index is 12.7. The molecule has 0 spiro atoms. The third kappa shape index (κ3) is 24.0. The van der Waals surface area contributed by atoms with E-state index in [0.717, 1.165) is 51.4 Å². The first kappa shape index (κ1) is 49.6. The Kier molecular flexibility index (Phi) is 28.8. The van der Waals surface area contributed by atoms with Gasteiger partial charge in [-0.05, 0) is 38.5 Å². The Balaban J connectivity index is 2.50. The molecule has 0 heterocycles. The van der Waals surface area contributed by atoms with Crippen molar-refractivity contribution in [2.24, 2.45) is 0 Å². The highest BCUT2D eigenvalue weighted by Gasteiger charge is 2.51. The van der Waals surface area contributed by atoms with Crippen molar-refractivity contribution in [3.63, 3.8) is 0 Å². The molecule has 53 heavy (non-hydrogen) atoms. The number of hydrogen-bond donors (Lipinski definition) is 6. The van der Waals surface area contributed by atoms with Gasteiger partial charge >= 0.3 is 19.8 Å². The van der Waals surface area contributed by atoms with Gasteiger partial charge in [0.15, 0.2) is 6.10 Å². The molecule has 6 N–H and O–H groups in total. The van der Waals surface area contributed by atoms with Crippen molar-refractivity contribution in [2.75, 3.05) is 13.2 Å². The van der Waals surface area contributed by atoms with Gasteiger partial charge in [-0.1, -0.05) is 129 Å². The Morgan fingerprint density at radius 1 is 0.566 bits per heavy atom. The van der Waals surface area contributed by atoms with Gasteiger partial charge in [0, 0.05) is 12.8 Å². The van der Waals surface area contributed by atoms with E-state index in [9.17, 15) is 44.6 Å². The third-order valence-electron chi connectivity index (χ3n) is 9.61. The van der Waals surface area contributed by atoms with Crippen LogP contribution >= 0.6 is 7.82 Å². The van der Waals surface area contributed by atoms with E-state index in [2.05, 4.69) is 26.0 Å². The number of phosphoric acid groups is 1. The lowest BCUT2D eigenvalue weighted by atomic mass is 9.85. The molecule has 0 radical (unpaired) electrons. The molecule has 0 aromatic heterocycles. The van der Waals surface area contributed by atoms with E-state index in [4.69, 9.17) is 18.5 Å². The molecule has 0 bridgehead atoms. The summed E-state index contributed by atoms with van der Waals surface area (Å²) in [7, 11) is -5.10. The van der Waals surface area contributed by atoms with Crippen LogP contribution in [-0.2, 0) is 32.7 Å². The Morgan fingerprint density at radius 3 is 1.45 bits per heavy atom. The first-order valence-corrected chi connectivity index (χ1v) is 22.0. The van der Waals surface area contributed by atoms with Gasteiger partial charge in [-0.3, -0.25) is 18.6 Å². The number of allylic oxidation sites excluding steroid dienone is 2. The van der Waals surface area contributed by atoms with E-state index in [0.29, 0.717) is 12.8 Å². The molecule has 0 aliphatic heterocycles. The van der Waals surface area contributed by atoms with Crippen LogP contribution in [0.25, 0.3) is 0 Å². The molecule has 312 valence electrons. The molecule has 1 fully saturated rings. The molecule has 1 aliphatic carbocycles. The van der Waals surface area contributed by atoms with Crippen molar-refractivity contribution in [1.29, 1.82) is 0 Å². The van der Waals surface area contributed by atoms with Crippen LogP contribution in [0.15, 0.2) is 12.2 Å². The molecule has 0 saturated heterocycles. The highest BCUT2D eigenvalue weighted by molar-refractivity contribution is 7.47. The number of aliphatic hydroxyl groups is 5. The summed E-state index contributed by atoms with van der Waals surface area (Å²) in [6, 6.07) is 0. The lowest BCUT2D eigenvalue weighted by molar-refractivity contribution is -0.220. The standard InChI is InChI=1S/C39H73O13P/c1-3-5-7-9-11-13-14-15-16-17-18-20-21-23-25-27-32(40)49-29-31(51-33(41)28-26-24-22-19-12-10-8-6-4-2)30-50-53(47,48)52-39-37(45)35(43)34(42)36(44)38(39)46/h17-18,31,34-39,42-46H,3-16,19-30H2,1-2H3,(H,47,48)/b18-17+/t31-,34?,35-,36?,37?,38?,39?/m0/s1. The first-order chi connectivity index (χ1) is 25.4. The molecule has 13 nitrogen and oxygen atoms in total. The molecular formula is C39H73O13P. The van der Waals surface area contributed by atoms with Crippen LogP contribution in [0.5, 0.6) is 0 Å². The van der Waals surface area contributed by atoms with Gasteiger partial charge in [0.05, 0.1) is 6.61 Å². The van der Waals surface area contributed by atoms with E-state index in [1.807, 2.05) is 0 Å². The first-order valence-electron chi connectivity index (χ1n) is 20.5. The SMILES string of the molecule is CCCCCCCCCC/C=C/CCCCCC(=O)OC[C@@H](COP(=O)(O)OC1C(O)C(O)C(O)[C@H](O)C1O)OC(=O)CCCCCCCCCCC. The van der Waals surface area contributed by atoms with Crippen LogP contribution in [0.3, 0.4) is 0 Å². The number of hydrogen-bond acceptors (Lipinski definition) is 12. The summed E-state index contributed by atoms with van der Waals surface area (Å²) < 4.78 is 33.3. The fraction of sp³-hybridized carbons (Fsp3) is 0.897. The smallest absolute Gasteiger partial charge is 0.462 e. The lowest BCUT2D eigenvalue weighted by Crippen LogP contribution is -2.64. The molecular weight excluding hydrogens is 707 g/mol. The molecule has 14 heteroatoms. The molecule has 1 rings (SSSR count). The number of phosphoric ester groups is 1. The third-order valence-corrected chi connectivity index (χ3v) is 10.6. The van der Waals surface area contributed by atoms with Crippen LogP contribution in [0, 0.1) is 0 Å². The van der Waals surface area contributed by atoms with Crippen LogP contribution in [0.4, 0.5) is 0 Å². The van der Waals surface area contributed by atoms with E-state index < -0.39 is 75.7 Å². The average Bonchev–Trinajstić information content (AvgIpc) is 3.13. The predicted octanol–water partition coefficient (Wildman–Crippen LogP) is 6.72. The second kappa shape index (κ2) is 30.8. The van der Waals surface area contributed by atoms with Gasteiger partial charge in [-0.15, -0.1) is 0 Å². The molecule has 1 saturated carbocycles. The Bertz CT molecular complexity index is 996. The topological polar surface area (TPSA) is 210 Å². The number of unbranched alkanes of at least 4 members (excludes halogenated alkanes) is 19. The fourth-order valence-corrected chi connectivity index (χ4v) is 7.19. The van der Waals surface area contributed by atoms with Crippen molar-refractivity contribution in [1.82, 2.24) is 0 Å². The van der Waals surface area contributed by atoms with Crippen molar-refractivity contribution < 1.29 is 63.1 Å². The molecule has 1 aliphatic rings. The van der Waals surface area contributed by atoms with Gasteiger partial charge in [-0.2, -0.15) is 0 Å². The number of carbonyl (C=O) groups excluding carboxylic acids is 2. The summed E-state index contributed by atoms with van der Waals surface area (Å²) in [5, 5.41) is 49.9. The van der Waals surface area contributed by atoms with E-state index in [-0.39, 0.29) is 12.8 Å². The Morgan fingerprint density at radius 2 is 0.962 bits per heavy atom. The van der Waals surface area contributed by atoms with Crippen molar-refractivity contribution in [2.45, 2.75) is 211 Å². The van der Waals surface area contributed by atoms with Crippen LogP contribution in [0.2, 0.25) is 0 Å². The minimum Gasteiger partial charge on any atom is -0.462 e. The normalized spacial score (nSPS) is 23.5. The van der Waals surface area contributed by atoms with Gasteiger partial charge in [-0.25, -0.2) is 4.57 Å². The average molecular weight is 781 g/mol. The molecule has 0 aromatic rings. The van der Waals surface area contributed by atoms with Gasteiger partial charge < -0.3 is 39.9 Å². The minimum absolute atomic E-state index is 0.0969. The van der Waals surface area contributed by atoms with E-state index >= 15 is 0 Å². The van der Waals surface area contributed by atoms with Crippen molar-refractivity contribution in [3.8, 4) is 0 Å². The number of aliphatic hydroxyl groups excluding tert-OH is 5. The zero-order valence-electron chi connectivity index (χ0n) is 32.6. The van der Waals surface area contributed by atoms with Crippen molar-refractivity contribution >= 4 is 19.8 Å². The number of esters is 2. The molecule has 0 aromatic carbocycles. The van der Waals surface area contributed by atoms with E-state index in [1.165, 1.54) is 77.0 Å². The Hall–Kier alpha value is -1.41. The summed E-state index contributed by atoms with van der Waals surface area (Å²) >= 11 is 0. The summed E-state index contributed by atoms with van der Waals surface area (Å²) in [6.07, 6.45) is 15.8. The number of rotatable bonds is 33. The summed E-state index contributed by atoms with van der Waals surface area (Å²) in [4.78, 5) is 35.4. The monoisotopic (exact) mass is 780 g/mol. The number of carbonyl (C=O) groups is 2. The largest absolute Gasteiger partial charge is 0.472 e. The van der Waals surface area contributed by atoms with Gasteiger partial charge in [0.1, 0.15) is 43.2 Å². The zero-order valence-corrected chi connectivity index (χ0v) is 33.5. The Labute approximate surface area is 318 Å². The maximum Gasteiger partial charge on any atom is 0.472 e. The lowest BCUT2D eigenvalue weighted by Gasteiger charge is -2.41. The summed E-state index contributed by atoms with van der Waals surface area (Å²) in [5.41, 5.74) is 0. The highest BCUT2D eigenvalue weighted by atomic mass is 31.2. The van der Waals surface area contributed by atoms with Gasteiger partial charge in [0.25, 0.3) is 0 Å². The van der Waals surface area contributed by atoms with Crippen LogP contribution in [0.1, 0.15) is 168 Å². The van der Waals surface area contributed by atoms with Crippen LogP contribution < -0.4 is 0 Å². The number of ether oxygens (including phenoxy) is 2. The molecule has 8 atom stereocenters. The quantitative estimate of drug-likeness (QED) is 0.0177. The summed E-state index contributed by atoms with van der Waals surface area (Å²) in [6.45, 7) is 3.23. The van der Waals surface area contributed by atoms with E-state index in [1.54, 1.807) is 0 Å². The van der Waals surface area contributed by atoms with Crippen molar-refractivity contribution in [3.05, 3.63) is 12.2 Å². The second-order valence-corrected chi connectivity index (χ2v) is 15.9. The fourth-order valence-electron chi connectivity index (χ4n) is 6.22.